The van der Waals surface area contributed by atoms with Crippen LogP contribution in [0.5, 0.6) is 17.2 Å². The maximum absolute atomic E-state index is 14.8. The Morgan fingerprint density at radius 3 is 2.55 bits per heavy atom. The molecule has 0 spiro atoms. The molecule has 1 aliphatic heterocycles. The molecule has 2 heterocycles. The molecule has 8 heteroatoms. The Labute approximate surface area is 190 Å². The molecule has 168 valence electrons. The molecule has 0 fully saturated rings. The molecule has 0 aliphatic carbocycles. The number of aromatic nitrogens is 1. The average Bonchev–Trinajstić information content (AvgIpc) is 2.81. The molecule has 1 aliphatic rings. The average molecular weight is 447 g/mol. The Hall–Kier alpha value is -4.25. The molecule has 0 amide bonds. The quantitative estimate of drug-likeness (QED) is 0.642. The molecule has 33 heavy (non-hydrogen) atoms. The van der Waals surface area contributed by atoms with Crippen molar-refractivity contribution in [2.45, 2.75) is 19.4 Å². The Morgan fingerprint density at radius 2 is 1.88 bits per heavy atom. The molecule has 0 saturated heterocycles. The summed E-state index contributed by atoms with van der Waals surface area (Å²) in [4.78, 5) is 13.7. The van der Waals surface area contributed by atoms with Crippen molar-refractivity contribution >= 4 is 0 Å². The maximum Gasteiger partial charge on any atom is 0.259 e. The van der Waals surface area contributed by atoms with E-state index < -0.39 is 17.3 Å². The van der Waals surface area contributed by atoms with Crippen LogP contribution in [0, 0.1) is 24.1 Å². The summed E-state index contributed by atoms with van der Waals surface area (Å²) >= 11 is 0. The molecule has 1 atom stereocenters. The fraction of sp³-hybridized carbons (Fsp3) is 0.200. The molecule has 3 aromatic rings. The number of hydrogen-bond donors (Lipinski definition) is 1. The highest BCUT2D eigenvalue weighted by molar-refractivity contribution is 5.55. The first-order chi connectivity index (χ1) is 15.9. The first kappa shape index (κ1) is 22.0. The summed E-state index contributed by atoms with van der Waals surface area (Å²) in [6, 6.07) is 15.1. The van der Waals surface area contributed by atoms with Crippen LogP contribution in [0.15, 0.2) is 64.8 Å². The summed E-state index contributed by atoms with van der Waals surface area (Å²) < 4.78 is 32.6. The van der Waals surface area contributed by atoms with Gasteiger partial charge in [-0.05, 0) is 30.7 Å². The van der Waals surface area contributed by atoms with Crippen molar-refractivity contribution < 1.29 is 18.6 Å². The number of nitrogens with two attached hydrogens (primary N) is 1. The lowest BCUT2D eigenvalue weighted by molar-refractivity contribution is 0.354. The van der Waals surface area contributed by atoms with Gasteiger partial charge in [-0.1, -0.05) is 24.3 Å². The lowest BCUT2D eigenvalue weighted by Crippen LogP contribution is -2.33. The van der Waals surface area contributed by atoms with E-state index in [9.17, 15) is 14.4 Å². The van der Waals surface area contributed by atoms with Crippen LogP contribution in [0.25, 0.3) is 0 Å². The van der Waals surface area contributed by atoms with Crippen molar-refractivity contribution in [1.29, 1.82) is 5.26 Å². The van der Waals surface area contributed by atoms with Crippen LogP contribution in [0.4, 0.5) is 4.39 Å². The van der Waals surface area contributed by atoms with Crippen LogP contribution in [0.2, 0.25) is 0 Å². The lowest BCUT2D eigenvalue weighted by Gasteiger charge is -2.27. The van der Waals surface area contributed by atoms with Crippen LogP contribution in [-0.2, 0) is 6.54 Å². The molecule has 7 nitrogen and oxygen atoms in total. The number of fused-ring (bicyclic) bond motifs is 1. The summed E-state index contributed by atoms with van der Waals surface area (Å²) in [5.41, 5.74) is 7.34. The highest BCUT2D eigenvalue weighted by atomic mass is 19.1. The standard InChI is InChI=1S/C25H22FN3O4/c1-14-10-21-23(22(17(12-27)24(28)33-21)16-6-4-5-7-18(16)26)25(30)29(14)13-15-8-9-19(31-2)20(11-15)32-3/h4-11,22H,13,28H2,1-3H3/t22-/m0/s1. The van der Waals surface area contributed by atoms with E-state index in [1.165, 1.54) is 19.2 Å². The van der Waals surface area contributed by atoms with E-state index in [1.807, 2.05) is 12.1 Å². The summed E-state index contributed by atoms with van der Waals surface area (Å²) in [6.45, 7) is 1.99. The van der Waals surface area contributed by atoms with Crippen molar-refractivity contribution in [3.05, 3.63) is 98.5 Å². The largest absolute Gasteiger partial charge is 0.493 e. The zero-order valence-electron chi connectivity index (χ0n) is 18.4. The minimum atomic E-state index is -0.982. The number of benzene rings is 2. The Bertz CT molecular complexity index is 1370. The second-order valence-corrected chi connectivity index (χ2v) is 7.59. The van der Waals surface area contributed by atoms with Crippen LogP contribution in [-0.4, -0.2) is 18.8 Å². The first-order valence-corrected chi connectivity index (χ1v) is 10.2. The monoisotopic (exact) mass is 447 g/mol. The molecule has 4 rings (SSSR count). The molecule has 2 aromatic carbocycles. The molecule has 2 N–H and O–H groups in total. The molecule has 0 radical (unpaired) electrons. The fourth-order valence-corrected chi connectivity index (χ4v) is 4.06. The van der Waals surface area contributed by atoms with Crippen LogP contribution in [0.1, 0.15) is 28.3 Å². The number of rotatable bonds is 5. The summed E-state index contributed by atoms with van der Waals surface area (Å²) in [7, 11) is 3.08. The third-order valence-corrected chi connectivity index (χ3v) is 5.69. The number of methoxy groups -OCH3 is 2. The highest BCUT2D eigenvalue weighted by Crippen LogP contribution is 2.41. The second kappa shape index (κ2) is 8.71. The van der Waals surface area contributed by atoms with E-state index in [1.54, 1.807) is 48.9 Å². The minimum Gasteiger partial charge on any atom is -0.493 e. The third-order valence-electron chi connectivity index (χ3n) is 5.69. The van der Waals surface area contributed by atoms with Gasteiger partial charge in [0.1, 0.15) is 23.2 Å². The van der Waals surface area contributed by atoms with E-state index in [-0.39, 0.29) is 34.9 Å². The van der Waals surface area contributed by atoms with E-state index in [4.69, 9.17) is 19.9 Å². The SMILES string of the molecule is COc1ccc(Cn2c(C)cc3c(c2=O)[C@@H](c2ccccc2F)C(C#N)=C(N)O3)cc1OC. The van der Waals surface area contributed by atoms with Crippen LogP contribution in [0.3, 0.4) is 0 Å². The Balaban J connectivity index is 1.89. The molecular formula is C25H22FN3O4. The summed E-state index contributed by atoms with van der Waals surface area (Å²) in [6.07, 6.45) is 0. The maximum atomic E-state index is 14.8. The molecule has 0 unspecified atom stereocenters. The van der Waals surface area contributed by atoms with Crippen molar-refractivity contribution in [3.8, 4) is 23.3 Å². The van der Waals surface area contributed by atoms with Crippen LogP contribution < -0.4 is 25.5 Å². The van der Waals surface area contributed by atoms with Crippen molar-refractivity contribution in [2.75, 3.05) is 14.2 Å². The number of ether oxygens (including phenoxy) is 3. The van der Waals surface area contributed by atoms with Crippen molar-refractivity contribution in [3.63, 3.8) is 0 Å². The number of allylic oxidation sites excluding steroid dienone is 1. The fourth-order valence-electron chi connectivity index (χ4n) is 4.06. The Morgan fingerprint density at radius 1 is 1.15 bits per heavy atom. The van der Waals surface area contributed by atoms with Gasteiger partial charge in [0.15, 0.2) is 11.5 Å². The summed E-state index contributed by atoms with van der Waals surface area (Å²) in [5.74, 6) is -0.343. The van der Waals surface area contributed by atoms with Crippen LogP contribution >= 0.6 is 0 Å². The van der Waals surface area contributed by atoms with Gasteiger partial charge in [-0.25, -0.2) is 4.39 Å². The molecule has 0 bridgehead atoms. The molecular weight excluding hydrogens is 425 g/mol. The van der Waals surface area contributed by atoms with Gasteiger partial charge in [0.25, 0.3) is 5.56 Å². The molecule has 1 aromatic heterocycles. The van der Waals surface area contributed by atoms with Gasteiger partial charge in [-0.3, -0.25) is 4.79 Å². The number of nitrogens with zero attached hydrogens (tertiary/aromatic N) is 2. The number of pyridine rings is 1. The van der Waals surface area contributed by atoms with Crippen molar-refractivity contribution in [1.82, 2.24) is 4.57 Å². The number of aryl methyl sites for hydroxylation is 1. The third kappa shape index (κ3) is 3.78. The van der Waals surface area contributed by atoms with E-state index >= 15 is 0 Å². The van der Waals surface area contributed by atoms with Gasteiger partial charge in [0.05, 0.1) is 32.2 Å². The van der Waals surface area contributed by atoms with Gasteiger partial charge in [-0.2, -0.15) is 5.26 Å². The zero-order chi connectivity index (χ0) is 23.7. The van der Waals surface area contributed by atoms with Crippen molar-refractivity contribution in [2.24, 2.45) is 5.73 Å². The van der Waals surface area contributed by atoms with Gasteiger partial charge in [-0.15, -0.1) is 0 Å². The predicted molar refractivity (Wildman–Crippen MR) is 120 cm³/mol. The number of halogens is 1. The summed E-state index contributed by atoms with van der Waals surface area (Å²) in [5, 5.41) is 9.74. The smallest absolute Gasteiger partial charge is 0.259 e. The number of nitriles is 1. The van der Waals surface area contributed by atoms with E-state index in [0.717, 1.165) is 5.56 Å². The minimum absolute atomic E-state index is 0.00813. The normalized spacial score (nSPS) is 14.8. The topological polar surface area (TPSA) is 99.5 Å². The first-order valence-electron chi connectivity index (χ1n) is 10.2. The zero-order valence-corrected chi connectivity index (χ0v) is 18.4. The van der Waals surface area contributed by atoms with Gasteiger partial charge in [0, 0.05) is 17.3 Å². The van der Waals surface area contributed by atoms with Gasteiger partial charge >= 0.3 is 0 Å². The Kier molecular flexibility index (Phi) is 5.80. The predicted octanol–water partition coefficient (Wildman–Crippen LogP) is 3.58. The van der Waals surface area contributed by atoms with E-state index in [2.05, 4.69) is 0 Å². The lowest BCUT2D eigenvalue weighted by atomic mass is 9.83. The van der Waals surface area contributed by atoms with Gasteiger partial charge in [0.2, 0.25) is 5.88 Å². The van der Waals surface area contributed by atoms with Gasteiger partial charge < -0.3 is 24.5 Å². The second-order valence-electron chi connectivity index (χ2n) is 7.59. The number of hydrogen-bond acceptors (Lipinski definition) is 6. The van der Waals surface area contributed by atoms with E-state index in [0.29, 0.717) is 17.2 Å². The molecule has 0 saturated carbocycles. The highest BCUT2D eigenvalue weighted by Gasteiger charge is 2.35.